The lowest BCUT2D eigenvalue weighted by Crippen LogP contribution is -2.27. The summed E-state index contributed by atoms with van der Waals surface area (Å²) in [5.41, 5.74) is 2.01. The first kappa shape index (κ1) is 15.2. The quantitative estimate of drug-likeness (QED) is 0.587. The second kappa shape index (κ2) is 5.83. The van der Waals surface area contributed by atoms with E-state index in [1.807, 2.05) is 0 Å². The zero-order chi connectivity index (χ0) is 15.0. The second-order valence-corrected chi connectivity index (χ2v) is 9.01. The van der Waals surface area contributed by atoms with E-state index >= 15 is 0 Å². The standard InChI is InChI=1S/C20H28S/c1-14-9-8-12-20(3,4)17-13-18(15(2)19(14)17)21-16-10-6-5-7-11-16/h5-7,10-11,15,17-19H,1,8-9,12-13H2,2-4H3/t15-,17-,18+,19+/m1/s1. The third-order valence-electron chi connectivity index (χ3n) is 5.90. The van der Waals surface area contributed by atoms with Crippen molar-refractivity contribution in [1.82, 2.24) is 0 Å². The lowest BCUT2D eigenvalue weighted by Gasteiger charge is -2.34. The molecule has 0 spiro atoms. The van der Waals surface area contributed by atoms with Crippen LogP contribution in [0.15, 0.2) is 47.4 Å². The average molecular weight is 301 g/mol. The molecule has 21 heavy (non-hydrogen) atoms. The Morgan fingerprint density at radius 3 is 2.62 bits per heavy atom. The molecule has 0 heterocycles. The van der Waals surface area contributed by atoms with Crippen molar-refractivity contribution in [2.24, 2.45) is 23.2 Å². The summed E-state index contributed by atoms with van der Waals surface area (Å²) in [5.74, 6) is 2.32. The molecule has 2 aliphatic rings. The van der Waals surface area contributed by atoms with Crippen LogP contribution in [0, 0.1) is 23.2 Å². The molecule has 0 saturated heterocycles. The molecule has 2 aliphatic carbocycles. The van der Waals surface area contributed by atoms with Gasteiger partial charge in [-0.05, 0) is 61.0 Å². The van der Waals surface area contributed by atoms with Crippen molar-refractivity contribution in [3.8, 4) is 0 Å². The van der Waals surface area contributed by atoms with Crippen LogP contribution in [0.2, 0.25) is 0 Å². The highest BCUT2D eigenvalue weighted by Gasteiger charge is 2.49. The van der Waals surface area contributed by atoms with Crippen LogP contribution in [0.4, 0.5) is 0 Å². The summed E-state index contributed by atoms with van der Waals surface area (Å²) in [5, 5.41) is 0.747. The van der Waals surface area contributed by atoms with Crippen LogP contribution in [0.5, 0.6) is 0 Å². The van der Waals surface area contributed by atoms with Crippen LogP contribution in [-0.2, 0) is 0 Å². The number of allylic oxidation sites excluding steroid dienone is 1. The molecule has 0 amide bonds. The van der Waals surface area contributed by atoms with E-state index in [0.717, 1.165) is 23.0 Å². The zero-order valence-electron chi connectivity index (χ0n) is 13.6. The van der Waals surface area contributed by atoms with Crippen LogP contribution >= 0.6 is 11.8 Å². The summed E-state index contributed by atoms with van der Waals surface area (Å²) in [4.78, 5) is 1.43. The van der Waals surface area contributed by atoms with E-state index in [2.05, 4.69) is 69.4 Å². The molecule has 4 atom stereocenters. The van der Waals surface area contributed by atoms with Gasteiger partial charge in [-0.15, -0.1) is 11.8 Å². The minimum Gasteiger partial charge on any atom is -0.122 e. The van der Waals surface area contributed by atoms with E-state index in [4.69, 9.17) is 0 Å². The van der Waals surface area contributed by atoms with Crippen molar-refractivity contribution in [3.05, 3.63) is 42.5 Å². The molecule has 1 aromatic carbocycles. The summed E-state index contributed by atoms with van der Waals surface area (Å²) < 4.78 is 0. The normalized spacial score (nSPS) is 35.3. The van der Waals surface area contributed by atoms with Crippen molar-refractivity contribution in [1.29, 1.82) is 0 Å². The Morgan fingerprint density at radius 1 is 1.19 bits per heavy atom. The smallest absolute Gasteiger partial charge is 0.0129 e. The third-order valence-corrected chi connectivity index (χ3v) is 7.37. The lowest BCUT2D eigenvalue weighted by atomic mass is 9.70. The molecular formula is C20H28S. The average Bonchev–Trinajstić information content (AvgIpc) is 2.72. The fourth-order valence-corrected chi connectivity index (χ4v) is 5.97. The van der Waals surface area contributed by atoms with Crippen LogP contribution in [0.25, 0.3) is 0 Å². The fraction of sp³-hybridized carbons (Fsp3) is 0.600. The van der Waals surface area contributed by atoms with Gasteiger partial charge < -0.3 is 0 Å². The Labute approximate surface area is 134 Å². The number of hydrogen-bond donors (Lipinski definition) is 0. The van der Waals surface area contributed by atoms with Crippen molar-refractivity contribution < 1.29 is 0 Å². The highest BCUT2D eigenvalue weighted by molar-refractivity contribution is 8.00. The van der Waals surface area contributed by atoms with Crippen molar-refractivity contribution in [2.45, 2.75) is 56.6 Å². The first-order chi connectivity index (χ1) is 9.99. The largest absolute Gasteiger partial charge is 0.122 e. The zero-order valence-corrected chi connectivity index (χ0v) is 14.5. The summed E-state index contributed by atoms with van der Waals surface area (Å²) in [6.45, 7) is 11.9. The van der Waals surface area contributed by atoms with Gasteiger partial charge in [0, 0.05) is 10.1 Å². The molecule has 0 radical (unpaired) electrons. The van der Waals surface area contributed by atoms with Gasteiger partial charge in [-0.2, -0.15) is 0 Å². The summed E-state index contributed by atoms with van der Waals surface area (Å²) in [6, 6.07) is 10.9. The third kappa shape index (κ3) is 2.95. The molecule has 0 aromatic heterocycles. The Balaban J connectivity index is 1.82. The Hall–Kier alpha value is -0.690. The van der Waals surface area contributed by atoms with Crippen LogP contribution in [0.1, 0.15) is 46.5 Å². The van der Waals surface area contributed by atoms with Gasteiger partial charge >= 0.3 is 0 Å². The predicted octanol–water partition coefficient (Wildman–Crippen LogP) is 6.19. The van der Waals surface area contributed by atoms with Crippen LogP contribution in [-0.4, -0.2) is 5.25 Å². The molecule has 1 aromatic rings. The molecule has 2 fully saturated rings. The van der Waals surface area contributed by atoms with Gasteiger partial charge in [0.25, 0.3) is 0 Å². The Bertz CT molecular complexity index is 502. The maximum Gasteiger partial charge on any atom is 0.0129 e. The first-order valence-electron chi connectivity index (χ1n) is 8.38. The van der Waals surface area contributed by atoms with Crippen LogP contribution < -0.4 is 0 Å². The minimum atomic E-state index is 0.477. The molecule has 0 bridgehead atoms. The monoisotopic (exact) mass is 300 g/mol. The van der Waals surface area contributed by atoms with E-state index < -0.39 is 0 Å². The van der Waals surface area contributed by atoms with E-state index in [9.17, 15) is 0 Å². The number of hydrogen-bond acceptors (Lipinski definition) is 1. The van der Waals surface area contributed by atoms with Crippen molar-refractivity contribution in [3.63, 3.8) is 0 Å². The minimum absolute atomic E-state index is 0.477. The fourth-order valence-electron chi connectivity index (χ4n) is 4.62. The van der Waals surface area contributed by atoms with Gasteiger partial charge in [0.15, 0.2) is 0 Å². The lowest BCUT2D eigenvalue weighted by molar-refractivity contribution is 0.168. The molecule has 0 nitrogen and oxygen atoms in total. The number of fused-ring (bicyclic) bond motifs is 1. The maximum atomic E-state index is 4.47. The highest BCUT2D eigenvalue weighted by atomic mass is 32.2. The number of rotatable bonds is 2. The molecule has 3 rings (SSSR count). The molecule has 0 N–H and O–H groups in total. The van der Waals surface area contributed by atoms with E-state index in [1.165, 1.54) is 36.2 Å². The predicted molar refractivity (Wildman–Crippen MR) is 93.6 cm³/mol. The second-order valence-electron chi connectivity index (χ2n) is 7.70. The summed E-state index contributed by atoms with van der Waals surface area (Å²) in [7, 11) is 0. The van der Waals surface area contributed by atoms with E-state index in [-0.39, 0.29) is 0 Å². The molecule has 114 valence electrons. The van der Waals surface area contributed by atoms with Gasteiger partial charge in [-0.3, -0.25) is 0 Å². The van der Waals surface area contributed by atoms with Gasteiger partial charge in [-0.1, -0.05) is 51.1 Å². The van der Waals surface area contributed by atoms with Crippen molar-refractivity contribution in [2.75, 3.05) is 0 Å². The van der Waals surface area contributed by atoms with Crippen LogP contribution in [0.3, 0.4) is 0 Å². The van der Waals surface area contributed by atoms with Crippen molar-refractivity contribution >= 4 is 11.8 Å². The highest BCUT2D eigenvalue weighted by Crippen LogP contribution is 2.57. The topological polar surface area (TPSA) is 0 Å². The molecule has 0 aliphatic heterocycles. The maximum absolute atomic E-state index is 4.47. The summed E-state index contributed by atoms with van der Waals surface area (Å²) >= 11 is 2.09. The number of benzene rings is 1. The molecule has 2 saturated carbocycles. The Kier molecular flexibility index (Phi) is 4.23. The number of thioether (sulfide) groups is 1. The Morgan fingerprint density at radius 2 is 1.90 bits per heavy atom. The van der Waals surface area contributed by atoms with Gasteiger partial charge in [0.2, 0.25) is 0 Å². The SMILES string of the molecule is C=C1CCCC(C)(C)[C@@H]2C[C@H](Sc3ccccc3)[C@@H](C)[C@H]12. The molecule has 0 unspecified atom stereocenters. The van der Waals surface area contributed by atoms with Gasteiger partial charge in [0.05, 0.1) is 0 Å². The van der Waals surface area contributed by atoms with Gasteiger partial charge in [0.1, 0.15) is 0 Å². The van der Waals surface area contributed by atoms with Gasteiger partial charge in [-0.25, -0.2) is 0 Å². The summed E-state index contributed by atoms with van der Waals surface area (Å²) in [6.07, 6.45) is 5.31. The first-order valence-corrected chi connectivity index (χ1v) is 9.26. The molecule has 1 heteroatoms. The molecular weight excluding hydrogens is 272 g/mol. The van der Waals surface area contributed by atoms with E-state index in [0.29, 0.717) is 5.41 Å². The van der Waals surface area contributed by atoms with E-state index in [1.54, 1.807) is 0 Å².